The van der Waals surface area contributed by atoms with Crippen LogP contribution in [0, 0.1) is 0 Å². The molecule has 1 aromatic heterocycles. The van der Waals surface area contributed by atoms with Gasteiger partial charge in [-0.15, -0.1) is 12.4 Å². The summed E-state index contributed by atoms with van der Waals surface area (Å²) >= 11 is 0. The quantitative estimate of drug-likeness (QED) is 0.791. The Morgan fingerprint density at radius 2 is 1.64 bits per heavy atom. The van der Waals surface area contributed by atoms with Crippen LogP contribution in [0.5, 0.6) is 0 Å². The van der Waals surface area contributed by atoms with Crippen LogP contribution >= 0.6 is 12.4 Å². The smallest absolute Gasteiger partial charge is 0.311 e. The molecule has 0 saturated heterocycles. The van der Waals surface area contributed by atoms with Crippen molar-refractivity contribution >= 4 is 12.4 Å². The zero-order valence-electron chi connectivity index (χ0n) is 12.7. The summed E-state index contributed by atoms with van der Waals surface area (Å²) in [6.07, 6.45) is -8.78. The molecule has 0 atom stereocenters. The Morgan fingerprint density at radius 3 is 2.20 bits per heavy atom. The van der Waals surface area contributed by atoms with Crippen LogP contribution in [0.4, 0.5) is 26.3 Å². The highest BCUT2D eigenvalue weighted by Crippen LogP contribution is 2.34. The fourth-order valence-corrected chi connectivity index (χ4v) is 2.75. The third kappa shape index (κ3) is 4.09. The molecule has 0 unspecified atom stereocenters. The van der Waals surface area contributed by atoms with Crippen molar-refractivity contribution in [1.82, 2.24) is 15.1 Å². The number of fused-ring (bicyclic) bond motifs is 1. The summed E-state index contributed by atoms with van der Waals surface area (Å²) < 4.78 is 78.2. The number of rotatable bonds is 2. The van der Waals surface area contributed by atoms with E-state index in [2.05, 4.69) is 10.4 Å². The Labute approximate surface area is 145 Å². The Bertz CT molecular complexity index is 733. The van der Waals surface area contributed by atoms with Crippen LogP contribution in [0.3, 0.4) is 0 Å². The van der Waals surface area contributed by atoms with Crippen molar-refractivity contribution in [2.24, 2.45) is 0 Å². The predicted octanol–water partition coefficient (Wildman–Crippen LogP) is 4.04. The van der Waals surface area contributed by atoms with Crippen molar-refractivity contribution in [1.29, 1.82) is 0 Å². The molecule has 25 heavy (non-hydrogen) atoms. The first-order valence-corrected chi connectivity index (χ1v) is 7.19. The van der Waals surface area contributed by atoms with E-state index >= 15 is 0 Å². The van der Waals surface area contributed by atoms with Gasteiger partial charge in [-0.3, -0.25) is 4.68 Å². The van der Waals surface area contributed by atoms with Crippen LogP contribution in [-0.2, 0) is 31.9 Å². The van der Waals surface area contributed by atoms with Gasteiger partial charge in [0.2, 0.25) is 0 Å². The van der Waals surface area contributed by atoms with Crippen LogP contribution in [-0.4, -0.2) is 16.3 Å². The highest BCUT2D eigenvalue weighted by molar-refractivity contribution is 5.85. The largest absolute Gasteiger partial charge is 0.435 e. The maximum atomic E-state index is 13.1. The zero-order chi connectivity index (χ0) is 17.5. The lowest BCUT2D eigenvalue weighted by Crippen LogP contribution is -2.26. The van der Waals surface area contributed by atoms with Gasteiger partial charge in [0, 0.05) is 12.1 Å². The van der Waals surface area contributed by atoms with Gasteiger partial charge in [-0.05, 0) is 30.7 Å². The number of alkyl halides is 6. The molecule has 0 radical (unpaired) electrons. The van der Waals surface area contributed by atoms with Crippen molar-refractivity contribution in [3.8, 4) is 0 Å². The Morgan fingerprint density at radius 1 is 1.00 bits per heavy atom. The van der Waals surface area contributed by atoms with E-state index in [-0.39, 0.29) is 37.5 Å². The molecule has 0 bridgehead atoms. The average molecular weight is 386 g/mol. The number of benzene rings is 1. The van der Waals surface area contributed by atoms with Crippen LogP contribution in [0.1, 0.15) is 28.1 Å². The summed E-state index contributed by atoms with van der Waals surface area (Å²) in [5.74, 6) is 0. The summed E-state index contributed by atoms with van der Waals surface area (Å²) in [5, 5.41) is 6.64. The minimum atomic E-state index is -4.55. The SMILES string of the molecule is Cl.FC(F)(F)c1ccc(Cn2nc(C(F)(F)F)c3c2CNCC3)cc1. The van der Waals surface area contributed by atoms with Crippen molar-refractivity contribution < 1.29 is 26.3 Å². The Hall–Kier alpha value is -1.74. The molecule has 138 valence electrons. The molecule has 0 aliphatic carbocycles. The Balaban J connectivity index is 0.00000225. The summed E-state index contributed by atoms with van der Waals surface area (Å²) in [6, 6.07) is 4.32. The average Bonchev–Trinajstić information content (AvgIpc) is 2.86. The molecule has 0 saturated carbocycles. The van der Waals surface area contributed by atoms with E-state index in [1.807, 2.05) is 0 Å². The van der Waals surface area contributed by atoms with E-state index in [1.54, 1.807) is 0 Å². The van der Waals surface area contributed by atoms with Crippen LogP contribution in [0.15, 0.2) is 24.3 Å². The molecule has 1 aromatic carbocycles. The lowest BCUT2D eigenvalue weighted by molar-refractivity contribution is -0.142. The van der Waals surface area contributed by atoms with E-state index in [0.717, 1.165) is 12.1 Å². The second-order valence-corrected chi connectivity index (χ2v) is 5.55. The van der Waals surface area contributed by atoms with E-state index in [1.165, 1.54) is 16.8 Å². The molecule has 1 aliphatic heterocycles. The molecule has 1 N–H and O–H groups in total. The molecule has 2 aromatic rings. The summed E-state index contributed by atoms with van der Waals surface area (Å²) in [6.45, 7) is 0.666. The van der Waals surface area contributed by atoms with Gasteiger partial charge in [0.25, 0.3) is 0 Å². The van der Waals surface area contributed by atoms with E-state index in [0.29, 0.717) is 17.8 Å². The lowest BCUT2D eigenvalue weighted by Gasteiger charge is -2.16. The number of hydrogen-bond donors (Lipinski definition) is 1. The van der Waals surface area contributed by atoms with Gasteiger partial charge < -0.3 is 5.32 Å². The molecule has 3 rings (SSSR count). The van der Waals surface area contributed by atoms with Gasteiger partial charge in [0.15, 0.2) is 5.69 Å². The van der Waals surface area contributed by atoms with E-state index in [4.69, 9.17) is 0 Å². The second kappa shape index (κ2) is 6.87. The number of aromatic nitrogens is 2. The van der Waals surface area contributed by atoms with Crippen molar-refractivity contribution in [3.63, 3.8) is 0 Å². The minimum Gasteiger partial charge on any atom is -0.311 e. The van der Waals surface area contributed by atoms with Gasteiger partial charge in [0.1, 0.15) is 0 Å². The number of hydrogen-bond acceptors (Lipinski definition) is 2. The first-order chi connectivity index (χ1) is 11.2. The molecule has 1 aliphatic rings. The summed E-state index contributed by atoms with van der Waals surface area (Å²) in [4.78, 5) is 0. The third-order valence-electron chi connectivity index (χ3n) is 3.89. The van der Waals surface area contributed by atoms with Crippen molar-refractivity contribution in [2.45, 2.75) is 31.9 Å². The van der Waals surface area contributed by atoms with Crippen LogP contribution in [0.2, 0.25) is 0 Å². The molecular formula is C15H14ClF6N3. The first-order valence-electron chi connectivity index (χ1n) is 7.19. The fraction of sp³-hybridized carbons (Fsp3) is 0.400. The van der Waals surface area contributed by atoms with Crippen molar-refractivity contribution in [2.75, 3.05) is 6.54 Å². The number of halogens is 7. The van der Waals surface area contributed by atoms with Gasteiger partial charge >= 0.3 is 12.4 Å². The zero-order valence-corrected chi connectivity index (χ0v) is 13.5. The molecule has 3 nitrogen and oxygen atoms in total. The lowest BCUT2D eigenvalue weighted by atomic mass is 10.1. The number of nitrogens with zero attached hydrogens (tertiary/aromatic N) is 2. The van der Waals surface area contributed by atoms with Gasteiger partial charge in [-0.2, -0.15) is 31.4 Å². The first kappa shape index (κ1) is 19.6. The predicted molar refractivity (Wildman–Crippen MR) is 80.4 cm³/mol. The maximum absolute atomic E-state index is 13.1. The molecular weight excluding hydrogens is 372 g/mol. The highest BCUT2D eigenvalue weighted by Gasteiger charge is 2.39. The van der Waals surface area contributed by atoms with Crippen molar-refractivity contribution in [3.05, 3.63) is 52.3 Å². The fourth-order valence-electron chi connectivity index (χ4n) is 2.75. The molecule has 0 amide bonds. The Kier molecular flexibility index (Phi) is 5.38. The normalized spacial score (nSPS) is 14.8. The van der Waals surface area contributed by atoms with Gasteiger partial charge in [-0.25, -0.2) is 0 Å². The minimum absolute atomic E-state index is 0. The van der Waals surface area contributed by atoms with E-state index < -0.39 is 23.6 Å². The standard InChI is InChI=1S/C15H13F6N3.ClH/c16-14(17,18)10-3-1-9(2-4-10)8-24-12-7-22-6-5-11(12)13(23-24)15(19,20)21;/h1-4,22H,5-8H2;1H. The molecule has 0 fully saturated rings. The van der Waals surface area contributed by atoms with Crippen LogP contribution in [0.25, 0.3) is 0 Å². The van der Waals surface area contributed by atoms with E-state index in [9.17, 15) is 26.3 Å². The maximum Gasteiger partial charge on any atom is 0.435 e. The van der Waals surface area contributed by atoms with Crippen LogP contribution < -0.4 is 5.32 Å². The highest BCUT2D eigenvalue weighted by atomic mass is 35.5. The number of nitrogens with one attached hydrogen (secondary N) is 1. The molecule has 0 spiro atoms. The summed E-state index contributed by atoms with van der Waals surface area (Å²) in [5.41, 5.74) is -0.675. The third-order valence-corrected chi connectivity index (χ3v) is 3.89. The topological polar surface area (TPSA) is 29.9 Å². The second-order valence-electron chi connectivity index (χ2n) is 5.55. The molecule has 10 heteroatoms. The molecule has 2 heterocycles. The summed E-state index contributed by atoms with van der Waals surface area (Å²) in [7, 11) is 0. The van der Waals surface area contributed by atoms with Gasteiger partial charge in [0.05, 0.1) is 17.8 Å². The van der Waals surface area contributed by atoms with Gasteiger partial charge in [-0.1, -0.05) is 12.1 Å². The monoisotopic (exact) mass is 385 g/mol.